The van der Waals surface area contributed by atoms with Crippen molar-refractivity contribution in [1.82, 2.24) is 14.9 Å². The SMILES string of the molecule is COCCN(C)C[C@@H]1C[C@H](CO)CN(c2nc(C)cc(C)n2)C1. The molecule has 2 rings (SSSR count). The standard InChI is InChI=1S/C17H30N4O2/c1-13-7-14(2)19-17(18-13)21-10-15(8-16(11-21)12-22)9-20(3)5-6-23-4/h7,15-16,22H,5-6,8-12H2,1-4H3/t15-,16-/m0/s1. The Morgan fingerprint density at radius 2 is 1.91 bits per heavy atom. The summed E-state index contributed by atoms with van der Waals surface area (Å²) < 4.78 is 5.15. The van der Waals surface area contributed by atoms with Crippen LogP contribution in [0.1, 0.15) is 17.8 Å². The molecule has 1 fully saturated rings. The van der Waals surface area contributed by atoms with Crippen molar-refractivity contribution in [3.63, 3.8) is 0 Å². The fraction of sp³-hybridized carbons (Fsp3) is 0.765. The van der Waals surface area contributed by atoms with Gasteiger partial charge in [-0.05, 0) is 45.2 Å². The fourth-order valence-electron chi connectivity index (χ4n) is 3.37. The van der Waals surface area contributed by atoms with Crippen LogP contribution in [0.5, 0.6) is 0 Å². The highest BCUT2D eigenvalue weighted by molar-refractivity contribution is 5.33. The molecular formula is C17H30N4O2. The van der Waals surface area contributed by atoms with Crippen molar-refractivity contribution in [3.05, 3.63) is 17.5 Å². The maximum Gasteiger partial charge on any atom is 0.225 e. The summed E-state index contributed by atoms with van der Waals surface area (Å²) in [4.78, 5) is 13.7. The molecule has 23 heavy (non-hydrogen) atoms. The van der Waals surface area contributed by atoms with Gasteiger partial charge < -0.3 is 19.6 Å². The minimum absolute atomic E-state index is 0.222. The van der Waals surface area contributed by atoms with Crippen LogP contribution in [0, 0.1) is 25.7 Å². The summed E-state index contributed by atoms with van der Waals surface area (Å²) in [6.07, 6.45) is 1.05. The van der Waals surface area contributed by atoms with E-state index in [1.807, 2.05) is 19.9 Å². The molecule has 130 valence electrons. The molecular weight excluding hydrogens is 292 g/mol. The summed E-state index contributed by atoms with van der Waals surface area (Å²) >= 11 is 0. The number of hydrogen-bond acceptors (Lipinski definition) is 6. The minimum atomic E-state index is 0.222. The third-order valence-corrected chi connectivity index (χ3v) is 4.38. The summed E-state index contributed by atoms with van der Waals surface area (Å²) in [5.41, 5.74) is 1.99. The average Bonchev–Trinajstić information content (AvgIpc) is 2.51. The highest BCUT2D eigenvalue weighted by atomic mass is 16.5. The molecule has 1 aromatic heterocycles. The fourth-order valence-corrected chi connectivity index (χ4v) is 3.37. The van der Waals surface area contributed by atoms with Crippen molar-refractivity contribution in [2.24, 2.45) is 11.8 Å². The lowest BCUT2D eigenvalue weighted by molar-refractivity contribution is 0.133. The molecule has 6 nitrogen and oxygen atoms in total. The smallest absolute Gasteiger partial charge is 0.225 e. The molecule has 1 aromatic rings. The number of nitrogens with zero attached hydrogens (tertiary/aromatic N) is 4. The predicted octanol–water partition coefficient (Wildman–Crippen LogP) is 1.11. The van der Waals surface area contributed by atoms with Crippen molar-refractivity contribution >= 4 is 5.95 Å². The zero-order chi connectivity index (χ0) is 16.8. The first-order valence-electron chi connectivity index (χ1n) is 8.37. The number of likely N-dealkylation sites (N-methyl/N-ethyl adjacent to an activating group) is 1. The molecule has 0 amide bonds. The van der Waals surface area contributed by atoms with Gasteiger partial charge in [-0.3, -0.25) is 0 Å². The Labute approximate surface area is 139 Å². The van der Waals surface area contributed by atoms with E-state index in [9.17, 15) is 5.11 Å². The second-order valence-electron chi connectivity index (χ2n) is 6.76. The highest BCUT2D eigenvalue weighted by Crippen LogP contribution is 2.25. The Kier molecular flexibility index (Phi) is 6.74. The van der Waals surface area contributed by atoms with Crippen LogP contribution in [0.15, 0.2) is 6.07 Å². The lowest BCUT2D eigenvalue weighted by Crippen LogP contribution is -2.46. The molecule has 6 heteroatoms. The number of aliphatic hydroxyl groups excluding tert-OH is 1. The Balaban J connectivity index is 2.05. The number of aryl methyl sites for hydroxylation is 2. The van der Waals surface area contributed by atoms with Gasteiger partial charge >= 0.3 is 0 Å². The molecule has 1 saturated heterocycles. The number of hydrogen-bond donors (Lipinski definition) is 1. The molecule has 0 radical (unpaired) electrons. The Bertz CT molecular complexity index is 477. The van der Waals surface area contributed by atoms with E-state index in [0.29, 0.717) is 5.92 Å². The number of aliphatic hydroxyl groups is 1. The summed E-state index contributed by atoms with van der Waals surface area (Å²) in [5, 5.41) is 9.66. The lowest BCUT2D eigenvalue weighted by atomic mass is 9.89. The number of piperidine rings is 1. The topological polar surface area (TPSA) is 61.7 Å². The van der Waals surface area contributed by atoms with E-state index in [1.165, 1.54) is 0 Å². The molecule has 0 saturated carbocycles. The third kappa shape index (κ3) is 5.41. The first-order chi connectivity index (χ1) is 11.0. The van der Waals surface area contributed by atoms with Crippen LogP contribution >= 0.6 is 0 Å². The highest BCUT2D eigenvalue weighted by Gasteiger charge is 2.29. The van der Waals surface area contributed by atoms with Gasteiger partial charge in [0.25, 0.3) is 0 Å². The first kappa shape index (κ1) is 18.1. The van der Waals surface area contributed by atoms with Crippen LogP contribution < -0.4 is 4.90 Å². The van der Waals surface area contributed by atoms with Gasteiger partial charge in [0.1, 0.15) is 0 Å². The number of methoxy groups -OCH3 is 1. The Morgan fingerprint density at radius 1 is 1.26 bits per heavy atom. The van der Waals surface area contributed by atoms with Crippen LogP contribution in [0.4, 0.5) is 5.95 Å². The van der Waals surface area contributed by atoms with Gasteiger partial charge in [0.2, 0.25) is 5.95 Å². The molecule has 0 aromatic carbocycles. The van der Waals surface area contributed by atoms with Gasteiger partial charge in [-0.1, -0.05) is 0 Å². The van der Waals surface area contributed by atoms with E-state index in [-0.39, 0.29) is 12.5 Å². The van der Waals surface area contributed by atoms with Crippen LogP contribution in [0.2, 0.25) is 0 Å². The second-order valence-corrected chi connectivity index (χ2v) is 6.76. The van der Waals surface area contributed by atoms with Gasteiger partial charge in [0, 0.05) is 51.3 Å². The molecule has 1 aliphatic heterocycles. The van der Waals surface area contributed by atoms with Crippen molar-refractivity contribution < 1.29 is 9.84 Å². The van der Waals surface area contributed by atoms with E-state index in [4.69, 9.17) is 4.74 Å². The van der Waals surface area contributed by atoms with Gasteiger partial charge in [-0.15, -0.1) is 0 Å². The molecule has 2 heterocycles. The Hall–Kier alpha value is -1.24. The van der Waals surface area contributed by atoms with Crippen LogP contribution in [-0.2, 0) is 4.74 Å². The summed E-state index contributed by atoms with van der Waals surface area (Å²) in [5.74, 6) is 1.59. The number of anilines is 1. The zero-order valence-corrected chi connectivity index (χ0v) is 14.8. The average molecular weight is 322 g/mol. The number of rotatable bonds is 7. The van der Waals surface area contributed by atoms with Gasteiger partial charge in [-0.25, -0.2) is 9.97 Å². The number of ether oxygens (including phenoxy) is 1. The third-order valence-electron chi connectivity index (χ3n) is 4.38. The van der Waals surface area contributed by atoms with E-state index in [1.54, 1.807) is 7.11 Å². The van der Waals surface area contributed by atoms with Crippen LogP contribution in [0.25, 0.3) is 0 Å². The summed E-state index contributed by atoms with van der Waals surface area (Å²) in [6, 6.07) is 1.99. The second kappa shape index (κ2) is 8.57. The summed E-state index contributed by atoms with van der Waals surface area (Å²) in [7, 11) is 3.86. The van der Waals surface area contributed by atoms with E-state index in [0.717, 1.165) is 56.5 Å². The predicted molar refractivity (Wildman–Crippen MR) is 91.8 cm³/mol. The van der Waals surface area contributed by atoms with Crippen molar-refractivity contribution in [1.29, 1.82) is 0 Å². The quantitative estimate of drug-likeness (QED) is 0.811. The lowest BCUT2D eigenvalue weighted by Gasteiger charge is -2.38. The molecule has 0 spiro atoms. The van der Waals surface area contributed by atoms with Crippen LogP contribution in [0.3, 0.4) is 0 Å². The van der Waals surface area contributed by atoms with Crippen molar-refractivity contribution in [3.8, 4) is 0 Å². The maximum absolute atomic E-state index is 9.66. The van der Waals surface area contributed by atoms with Gasteiger partial charge in [-0.2, -0.15) is 0 Å². The van der Waals surface area contributed by atoms with E-state index in [2.05, 4.69) is 26.8 Å². The zero-order valence-electron chi connectivity index (χ0n) is 14.8. The minimum Gasteiger partial charge on any atom is -0.396 e. The molecule has 0 unspecified atom stereocenters. The van der Waals surface area contributed by atoms with Crippen molar-refractivity contribution in [2.75, 3.05) is 58.5 Å². The monoisotopic (exact) mass is 322 g/mol. The first-order valence-corrected chi connectivity index (χ1v) is 8.37. The Morgan fingerprint density at radius 3 is 2.52 bits per heavy atom. The normalized spacial score (nSPS) is 21.9. The maximum atomic E-state index is 9.66. The largest absolute Gasteiger partial charge is 0.396 e. The van der Waals surface area contributed by atoms with Gasteiger partial charge in [0.15, 0.2) is 0 Å². The van der Waals surface area contributed by atoms with Gasteiger partial charge in [0.05, 0.1) is 6.61 Å². The molecule has 1 N–H and O–H groups in total. The molecule has 2 atom stereocenters. The number of aromatic nitrogens is 2. The molecule has 1 aliphatic rings. The van der Waals surface area contributed by atoms with Crippen LogP contribution in [-0.4, -0.2) is 73.5 Å². The molecule has 0 bridgehead atoms. The molecule has 0 aliphatic carbocycles. The van der Waals surface area contributed by atoms with E-state index >= 15 is 0 Å². The van der Waals surface area contributed by atoms with E-state index < -0.39 is 0 Å². The summed E-state index contributed by atoms with van der Waals surface area (Å²) in [6.45, 7) is 8.67. The van der Waals surface area contributed by atoms with Crippen molar-refractivity contribution in [2.45, 2.75) is 20.3 Å².